The van der Waals surface area contributed by atoms with Crippen LogP contribution >= 0.6 is 0 Å². The molecule has 1 aliphatic heterocycles. The fourth-order valence-electron chi connectivity index (χ4n) is 1.73. The normalized spacial score (nSPS) is 17.5. The predicted octanol–water partition coefficient (Wildman–Crippen LogP) is 1.09. The molecule has 0 radical (unpaired) electrons. The van der Waals surface area contributed by atoms with Crippen LogP contribution in [0.4, 0.5) is 0 Å². The van der Waals surface area contributed by atoms with E-state index in [1.165, 1.54) is 16.4 Å². The van der Waals surface area contributed by atoms with Crippen LogP contribution in [0, 0.1) is 5.92 Å². The summed E-state index contributed by atoms with van der Waals surface area (Å²) in [6, 6.07) is 6.39. The third kappa shape index (κ3) is 3.26. The van der Waals surface area contributed by atoms with Crippen molar-refractivity contribution in [3.8, 4) is 5.75 Å². The number of benzene rings is 1. The van der Waals surface area contributed by atoms with Crippen LogP contribution in [0.15, 0.2) is 29.2 Å². The van der Waals surface area contributed by atoms with Gasteiger partial charge in [-0.3, -0.25) is 0 Å². The van der Waals surface area contributed by atoms with E-state index in [1.807, 2.05) is 13.8 Å². The van der Waals surface area contributed by atoms with Crippen LogP contribution in [0.3, 0.4) is 0 Å². The molecule has 0 unspecified atom stereocenters. The van der Waals surface area contributed by atoms with E-state index in [2.05, 4.69) is 0 Å². The van der Waals surface area contributed by atoms with Crippen molar-refractivity contribution in [3.63, 3.8) is 0 Å². The standard InChI is InChI=1S/C13H19NO4S/c1-10(2)9-18-12-3-5-13(6-4-12)19(16,17)14-7-11(15)8-14/h3-6,10-11,15H,7-9H2,1-2H3. The van der Waals surface area contributed by atoms with E-state index >= 15 is 0 Å². The molecule has 1 fully saturated rings. The lowest BCUT2D eigenvalue weighted by Crippen LogP contribution is -2.53. The summed E-state index contributed by atoms with van der Waals surface area (Å²) >= 11 is 0. The first kappa shape index (κ1) is 14.3. The molecular formula is C13H19NO4S. The SMILES string of the molecule is CC(C)COc1ccc(S(=O)(=O)N2CC(O)C2)cc1. The summed E-state index contributed by atoms with van der Waals surface area (Å²) in [6.07, 6.45) is -0.538. The molecule has 0 spiro atoms. The van der Waals surface area contributed by atoms with Crippen LogP contribution in [0.1, 0.15) is 13.8 Å². The number of hydrogen-bond acceptors (Lipinski definition) is 4. The van der Waals surface area contributed by atoms with Gasteiger partial charge in [-0.05, 0) is 30.2 Å². The lowest BCUT2D eigenvalue weighted by atomic mass is 10.2. The maximum absolute atomic E-state index is 12.1. The van der Waals surface area contributed by atoms with Gasteiger partial charge in [0, 0.05) is 13.1 Å². The number of nitrogens with zero attached hydrogens (tertiary/aromatic N) is 1. The predicted molar refractivity (Wildman–Crippen MR) is 71.5 cm³/mol. The highest BCUT2D eigenvalue weighted by Gasteiger charge is 2.35. The summed E-state index contributed by atoms with van der Waals surface area (Å²) in [5, 5.41) is 9.17. The first-order valence-electron chi connectivity index (χ1n) is 6.30. The summed E-state index contributed by atoms with van der Waals surface area (Å²) in [6.45, 7) is 5.05. The monoisotopic (exact) mass is 285 g/mol. The smallest absolute Gasteiger partial charge is 0.243 e. The van der Waals surface area contributed by atoms with Crippen molar-refractivity contribution < 1.29 is 18.3 Å². The summed E-state index contributed by atoms with van der Waals surface area (Å²) in [5.74, 6) is 1.09. The minimum absolute atomic E-state index is 0.175. The highest BCUT2D eigenvalue weighted by molar-refractivity contribution is 7.89. The number of aliphatic hydroxyl groups is 1. The van der Waals surface area contributed by atoms with Crippen molar-refractivity contribution in [2.24, 2.45) is 5.92 Å². The van der Waals surface area contributed by atoms with Gasteiger partial charge in [-0.2, -0.15) is 4.31 Å². The molecule has 0 atom stereocenters. The quantitative estimate of drug-likeness (QED) is 0.879. The maximum atomic E-state index is 12.1. The number of aliphatic hydroxyl groups excluding tert-OH is 1. The van der Waals surface area contributed by atoms with Crippen LogP contribution in [0.25, 0.3) is 0 Å². The Morgan fingerprint density at radius 3 is 2.37 bits per heavy atom. The van der Waals surface area contributed by atoms with E-state index in [-0.39, 0.29) is 18.0 Å². The molecule has 6 heteroatoms. The van der Waals surface area contributed by atoms with E-state index in [4.69, 9.17) is 9.84 Å². The van der Waals surface area contributed by atoms with E-state index in [0.717, 1.165) is 0 Å². The molecule has 1 saturated heterocycles. The average molecular weight is 285 g/mol. The van der Waals surface area contributed by atoms with Gasteiger partial charge in [-0.1, -0.05) is 13.8 Å². The lowest BCUT2D eigenvalue weighted by Gasteiger charge is -2.34. The van der Waals surface area contributed by atoms with Crippen LogP contribution in [0.2, 0.25) is 0 Å². The first-order valence-corrected chi connectivity index (χ1v) is 7.74. The van der Waals surface area contributed by atoms with Crippen molar-refractivity contribution in [2.45, 2.75) is 24.8 Å². The largest absolute Gasteiger partial charge is 0.493 e. The zero-order valence-electron chi connectivity index (χ0n) is 11.1. The molecule has 1 aromatic carbocycles. The molecule has 0 saturated carbocycles. The van der Waals surface area contributed by atoms with E-state index < -0.39 is 16.1 Å². The molecule has 0 amide bonds. The van der Waals surface area contributed by atoms with E-state index in [9.17, 15) is 8.42 Å². The Bertz CT molecular complexity index is 518. The van der Waals surface area contributed by atoms with Gasteiger partial charge in [0.05, 0.1) is 17.6 Å². The van der Waals surface area contributed by atoms with Crippen molar-refractivity contribution in [1.82, 2.24) is 4.31 Å². The molecule has 1 heterocycles. The van der Waals surface area contributed by atoms with Crippen LogP contribution in [-0.2, 0) is 10.0 Å². The number of hydrogen-bond donors (Lipinski definition) is 1. The number of sulfonamides is 1. The van der Waals surface area contributed by atoms with Gasteiger partial charge < -0.3 is 9.84 Å². The van der Waals surface area contributed by atoms with Gasteiger partial charge in [0.15, 0.2) is 0 Å². The minimum atomic E-state index is -3.47. The molecule has 106 valence electrons. The van der Waals surface area contributed by atoms with E-state index in [0.29, 0.717) is 18.3 Å². The second-order valence-electron chi connectivity index (χ2n) is 5.15. The third-order valence-corrected chi connectivity index (χ3v) is 4.72. The van der Waals surface area contributed by atoms with Crippen LogP contribution in [-0.4, -0.2) is 43.6 Å². The molecule has 5 nitrogen and oxygen atoms in total. The minimum Gasteiger partial charge on any atom is -0.493 e. The van der Waals surface area contributed by atoms with Gasteiger partial charge in [-0.25, -0.2) is 8.42 Å². The van der Waals surface area contributed by atoms with Crippen LogP contribution < -0.4 is 4.74 Å². The topological polar surface area (TPSA) is 66.8 Å². The maximum Gasteiger partial charge on any atom is 0.243 e. The lowest BCUT2D eigenvalue weighted by molar-refractivity contribution is 0.0548. The Kier molecular flexibility index (Phi) is 4.13. The molecule has 1 aliphatic rings. The highest BCUT2D eigenvalue weighted by Crippen LogP contribution is 2.23. The van der Waals surface area contributed by atoms with E-state index in [1.54, 1.807) is 12.1 Å². The number of ether oxygens (including phenoxy) is 1. The Balaban J connectivity index is 2.05. The molecule has 2 rings (SSSR count). The second-order valence-corrected chi connectivity index (χ2v) is 7.09. The molecule has 19 heavy (non-hydrogen) atoms. The molecule has 0 aliphatic carbocycles. The summed E-state index contributed by atoms with van der Waals surface area (Å²) in [7, 11) is -3.47. The fraction of sp³-hybridized carbons (Fsp3) is 0.538. The summed E-state index contributed by atoms with van der Waals surface area (Å²) < 4.78 is 31.0. The van der Waals surface area contributed by atoms with Gasteiger partial charge in [0.2, 0.25) is 10.0 Å². The molecule has 1 aromatic rings. The van der Waals surface area contributed by atoms with Gasteiger partial charge >= 0.3 is 0 Å². The van der Waals surface area contributed by atoms with Gasteiger partial charge in [0.25, 0.3) is 0 Å². The van der Waals surface area contributed by atoms with Crippen molar-refractivity contribution in [2.75, 3.05) is 19.7 Å². The van der Waals surface area contributed by atoms with Gasteiger partial charge in [-0.15, -0.1) is 0 Å². The zero-order valence-corrected chi connectivity index (χ0v) is 11.9. The third-order valence-electron chi connectivity index (χ3n) is 2.87. The van der Waals surface area contributed by atoms with Crippen LogP contribution in [0.5, 0.6) is 5.75 Å². The molecular weight excluding hydrogens is 266 g/mol. The number of β-amino-alcohol motifs (C(OH)–C–C–N with tert-alkyl or cyclic N) is 1. The van der Waals surface area contributed by atoms with Crippen molar-refractivity contribution in [1.29, 1.82) is 0 Å². The molecule has 0 bridgehead atoms. The second kappa shape index (κ2) is 5.48. The molecule has 1 N–H and O–H groups in total. The highest BCUT2D eigenvalue weighted by atomic mass is 32.2. The Morgan fingerprint density at radius 2 is 1.89 bits per heavy atom. The number of rotatable bonds is 5. The Morgan fingerprint density at radius 1 is 1.32 bits per heavy atom. The Labute approximate surface area is 113 Å². The summed E-state index contributed by atoms with van der Waals surface area (Å²) in [5.41, 5.74) is 0. The first-order chi connectivity index (χ1) is 8.89. The van der Waals surface area contributed by atoms with Crippen molar-refractivity contribution >= 4 is 10.0 Å². The van der Waals surface area contributed by atoms with Gasteiger partial charge in [0.1, 0.15) is 5.75 Å². The zero-order chi connectivity index (χ0) is 14.0. The summed E-state index contributed by atoms with van der Waals surface area (Å²) in [4.78, 5) is 0.233. The average Bonchev–Trinajstić information content (AvgIpc) is 2.33. The molecule has 0 aromatic heterocycles. The Hall–Kier alpha value is -1.11. The fourth-order valence-corrected chi connectivity index (χ4v) is 3.25. The van der Waals surface area contributed by atoms with Crippen molar-refractivity contribution in [3.05, 3.63) is 24.3 Å².